The molecule has 2 aromatic rings. The first kappa shape index (κ1) is 14.2. The Kier molecular flexibility index (Phi) is 3.76. The summed E-state index contributed by atoms with van der Waals surface area (Å²) in [7, 11) is 0. The molecule has 1 fully saturated rings. The van der Waals surface area contributed by atoms with E-state index in [1.807, 2.05) is 17.9 Å². The second-order valence-corrected chi connectivity index (χ2v) is 6.80. The van der Waals surface area contributed by atoms with E-state index in [1.165, 1.54) is 17.1 Å². The number of nitrogens with zero attached hydrogens (tertiary/aromatic N) is 3. The summed E-state index contributed by atoms with van der Waals surface area (Å²) in [6.07, 6.45) is 1.52. The van der Waals surface area contributed by atoms with Gasteiger partial charge in [-0.05, 0) is 30.4 Å². The summed E-state index contributed by atoms with van der Waals surface area (Å²) in [6.45, 7) is 5.58. The Labute approximate surface area is 129 Å². The minimum atomic E-state index is 0.0290. The maximum absolute atomic E-state index is 12.2. The van der Waals surface area contributed by atoms with Crippen molar-refractivity contribution in [3.8, 4) is 0 Å². The molecule has 3 rings (SSSR count). The van der Waals surface area contributed by atoms with Crippen molar-refractivity contribution in [3.05, 3.63) is 46.5 Å². The van der Waals surface area contributed by atoms with E-state index < -0.39 is 0 Å². The fourth-order valence-electron chi connectivity index (χ4n) is 2.92. The summed E-state index contributed by atoms with van der Waals surface area (Å²) < 4.78 is 3.96. The summed E-state index contributed by atoms with van der Waals surface area (Å²) in [5.41, 5.74) is 2.27. The third-order valence-corrected chi connectivity index (χ3v) is 5.14. The predicted octanol–water partition coefficient (Wildman–Crippen LogP) is 2.93. The number of aryl methyl sites for hydroxylation is 1. The zero-order chi connectivity index (χ0) is 14.9. The van der Waals surface area contributed by atoms with Gasteiger partial charge in [0.1, 0.15) is 0 Å². The lowest BCUT2D eigenvalue weighted by Gasteiger charge is -2.40. The van der Waals surface area contributed by atoms with E-state index in [1.54, 1.807) is 0 Å². The topological polar surface area (TPSA) is 46.1 Å². The molecule has 21 heavy (non-hydrogen) atoms. The van der Waals surface area contributed by atoms with Crippen LogP contribution in [0.5, 0.6) is 0 Å². The first-order valence-corrected chi connectivity index (χ1v) is 7.97. The standard InChI is InChI=1S/C16H19N3OS/c1-12-14(21-18-17-12)10-19-11-16(2,9-8-15(19)20)13-6-4-3-5-7-13/h3-7H,8-11H2,1-2H3. The molecule has 2 heterocycles. The Hall–Kier alpha value is -1.75. The van der Waals surface area contributed by atoms with Crippen LogP contribution in [0.3, 0.4) is 0 Å². The van der Waals surface area contributed by atoms with Gasteiger partial charge in [-0.25, -0.2) is 0 Å². The first-order valence-electron chi connectivity index (χ1n) is 7.20. The predicted molar refractivity (Wildman–Crippen MR) is 83.1 cm³/mol. The summed E-state index contributed by atoms with van der Waals surface area (Å²) in [6, 6.07) is 10.5. The highest BCUT2D eigenvalue weighted by Crippen LogP contribution is 2.34. The van der Waals surface area contributed by atoms with Crippen LogP contribution in [-0.2, 0) is 16.8 Å². The van der Waals surface area contributed by atoms with E-state index in [9.17, 15) is 4.79 Å². The molecule has 1 aromatic heterocycles. The third-order valence-electron chi connectivity index (χ3n) is 4.33. The first-order chi connectivity index (χ1) is 10.1. The number of likely N-dealkylation sites (tertiary alicyclic amines) is 1. The SMILES string of the molecule is Cc1nnsc1CN1CC(C)(c2ccccc2)CCC1=O. The Balaban J connectivity index is 1.82. The number of carbonyl (C=O) groups excluding carboxylic acids is 1. The molecule has 0 bridgehead atoms. The van der Waals surface area contributed by atoms with Gasteiger partial charge in [-0.2, -0.15) is 0 Å². The van der Waals surface area contributed by atoms with Gasteiger partial charge in [-0.1, -0.05) is 41.7 Å². The average molecular weight is 301 g/mol. The zero-order valence-electron chi connectivity index (χ0n) is 12.4. The number of hydrogen-bond acceptors (Lipinski definition) is 4. The smallest absolute Gasteiger partial charge is 0.222 e. The number of rotatable bonds is 3. The summed E-state index contributed by atoms with van der Waals surface area (Å²) in [5.74, 6) is 0.233. The quantitative estimate of drug-likeness (QED) is 0.875. The highest BCUT2D eigenvalue weighted by molar-refractivity contribution is 7.05. The van der Waals surface area contributed by atoms with Crippen LogP contribution in [-0.4, -0.2) is 26.9 Å². The van der Waals surface area contributed by atoms with Crippen molar-refractivity contribution in [3.63, 3.8) is 0 Å². The third kappa shape index (κ3) is 2.83. The van der Waals surface area contributed by atoms with Crippen molar-refractivity contribution < 1.29 is 4.79 Å². The van der Waals surface area contributed by atoms with E-state index in [0.717, 1.165) is 23.5 Å². The molecule has 0 radical (unpaired) electrons. The zero-order valence-corrected chi connectivity index (χ0v) is 13.2. The number of benzene rings is 1. The molecule has 1 aromatic carbocycles. The van der Waals surface area contributed by atoms with E-state index in [-0.39, 0.29) is 11.3 Å². The fourth-order valence-corrected chi connectivity index (χ4v) is 3.57. The molecule has 1 amide bonds. The Morgan fingerprint density at radius 2 is 2.10 bits per heavy atom. The van der Waals surface area contributed by atoms with Crippen LogP contribution in [0.25, 0.3) is 0 Å². The lowest BCUT2D eigenvalue weighted by molar-refractivity contribution is -0.136. The van der Waals surface area contributed by atoms with Crippen molar-refractivity contribution in [2.75, 3.05) is 6.54 Å². The van der Waals surface area contributed by atoms with E-state index in [2.05, 4.69) is 40.8 Å². The van der Waals surface area contributed by atoms with Gasteiger partial charge in [0.15, 0.2) is 0 Å². The van der Waals surface area contributed by atoms with Crippen LogP contribution < -0.4 is 0 Å². The summed E-state index contributed by atoms with van der Waals surface area (Å²) in [4.78, 5) is 15.3. The molecule has 1 saturated heterocycles. The maximum Gasteiger partial charge on any atom is 0.222 e. The molecule has 1 unspecified atom stereocenters. The number of piperidine rings is 1. The lowest BCUT2D eigenvalue weighted by atomic mass is 9.75. The van der Waals surface area contributed by atoms with Crippen molar-refractivity contribution >= 4 is 17.4 Å². The molecule has 1 aliphatic heterocycles. The molecule has 0 N–H and O–H groups in total. The van der Waals surface area contributed by atoms with Gasteiger partial charge in [-0.15, -0.1) is 5.10 Å². The monoisotopic (exact) mass is 301 g/mol. The molecule has 4 nitrogen and oxygen atoms in total. The summed E-state index contributed by atoms with van der Waals surface area (Å²) >= 11 is 1.39. The lowest BCUT2D eigenvalue weighted by Crippen LogP contribution is -2.46. The maximum atomic E-state index is 12.2. The van der Waals surface area contributed by atoms with Gasteiger partial charge in [0, 0.05) is 18.4 Å². The molecular weight excluding hydrogens is 282 g/mol. The number of carbonyl (C=O) groups is 1. The van der Waals surface area contributed by atoms with Crippen molar-refractivity contribution in [2.24, 2.45) is 0 Å². The molecule has 1 atom stereocenters. The molecule has 0 spiro atoms. The van der Waals surface area contributed by atoms with Gasteiger partial charge in [-0.3, -0.25) is 4.79 Å². The largest absolute Gasteiger partial charge is 0.337 e. The Morgan fingerprint density at radius 1 is 1.33 bits per heavy atom. The van der Waals surface area contributed by atoms with E-state index in [0.29, 0.717) is 13.0 Å². The second-order valence-electron chi connectivity index (χ2n) is 5.96. The molecule has 5 heteroatoms. The van der Waals surface area contributed by atoms with Gasteiger partial charge >= 0.3 is 0 Å². The molecule has 0 aliphatic carbocycles. The Morgan fingerprint density at radius 3 is 2.76 bits per heavy atom. The molecule has 0 saturated carbocycles. The number of amides is 1. The van der Waals surface area contributed by atoms with Gasteiger partial charge in [0.05, 0.1) is 17.1 Å². The minimum Gasteiger partial charge on any atom is -0.337 e. The van der Waals surface area contributed by atoms with Crippen LogP contribution in [0, 0.1) is 6.92 Å². The normalized spacial score (nSPS) is 22.6. The van der Waals surface area contributed by atoms with Crippen molar-refractivity contribution in [1.29, 1.82) is 0 Å². The van der Waals surface area contributed by atoms with Gasteiger partial charge in [0.2, 0.25) is 5.91 Å². The molecule has 1 aliphatic rings. The van der Waals surface area contributed by atoms with E-state index in [4.69, 9.17) is 0 Å². The molecule has 110 valence electrons. The highest BCUT2D eigenvalue weighted by atomic mass is 32.1. The fraction of sp³-hybridized carbons (Fsp3) is 0.438. The van der Waals surface area contributed by atoms with Crippen LogP contribution in [0.2, 0.25) is 0 Å². The van der Waals surface area contributed by atoms with Crippen LogP contribution in [0.15, 0.2) is 30.3 Å². The second kappa shape index (κ2) is 5.56. The molecular formula is C16H19N3OS. The number of hydrogen-bond donors (Lipinski definition) is 0. The average Bonchev–Trinajstić information content (AvgIpc) is 2.89. The Bertz CT molecular complexity index is 640. The van der Waals surface area contributed by atoms with Crippen LogP contribution >= 0.6 is 11.5 Å². The van der Waals surface area contributed by atoms with Gasteiger partial charge < -0.3 is 4.90 Å². The van der Waals surface area contributed by atoms with Crippen LogP contribution in [0.4, 0.5) is 0 Å². The number of aromatic nitrogens is 2. The van der Waals surface area contributed by atoms with Crippen LogP contribution in [0.1, 0.15) is 35.9 Å². The van der Waals surface area contributed by atoms with E-state index >= 15 is 0 Å². The van der Waals surface area contributed by atoms with Gasteiger partial charge in [0.25, 0.3) is 0 Å². The van der Waals surface area contributed by atoms with Crippen molar-refractivity contribution in [1.82, 2.24) is 14.5 Å². The summed E-state index contributed by atoms with van der Waals surface area (Å²) in [5, 5.41) is 4.03. The highest BCUT2D eigenvalue weighted by Gasteiger charge is 2.36. The minimum absolute atomic E-state index is 0.0290. The van der Waals surface area contributed by atoms with Crippen molar-refractivity contribution in [2.45, 2.75) is 38.6 Å².